The zero-order valence-corrected chi connectivity index (χ0v) is 11.5. The SMILES string of the molecule is CCNC(C)c1ccccc1-c1sccc1C. The Labute approximate surface area is 108 Å². The van der Waals surface area contributed by atoms with E-state index in [-0.39, 0.29) is 0 Å². The molecule has 0 saturated heterocycles. The van der Waals surface area contributed by atoms with E-state index in [1.54, 1.807) is 0 Å². The third-order valence-corrected chi connectivity index (χ3v) is 4.09. The Balaban J connectivity index is 2.44. The first kappa shape index (κ1) is 12.3. The summed E-state index contributed by atoms with van der Waals surface area (Å²) < 4.78 is 0. The van der Waals surface area contributed by atoms with Crippen LogP contribution >= 0.6 is 11.3 Å². The van der Waals surface area contributed by atoms with E-state index in [4.69, 9.17) is 0 Å². The summed E-state index contributed by atoms with van der Waals surface area (Å²) in [4.78, 5) is 1.39. The van der Waals surface area contributed by atoms with Gasteiger partial charge in [-0.25, -0.2) is 0 Å². The van der Waals surface area contributed by atoms with Gasteiger partial charge in [0.2, 0.25) is 0 Å². The lowest BCUT2D eigenvalue weighted by Gasteiger charge is -2.17. The summed E-state index contributed by atoms with van der Waals surface area (Å²) in [5.74, 6) is 0. The first-order valence-corrected chi connectivity index (χ1v) is 6.98. The standard InChI is InChI=1S/C15H19NS/c1-4-16-12(3)13-7-5-6-8-14(13)15-11(2)9-10-17-15/h5-10,12,16H,4H2,1-3H3. The fourth-order valence-electron chi connectivity index (χ4n) is 2.15. The number of rotatable bonds is 4. The summed E-state index contributed by atoms with van der Waals surface area (Å²) in [6, 6.07) is 11.3. The van der Waals surface area contributed by atoms with Crippen molar-refractivity contribution < 1.29 is 0 Å². The first-order chi connectivity index (χ1) is 8.24. The van der Waals surface area contributed by atoms with Crippen molar-refractivity contribution >= 4 is 11.3 Å². The molecule has 1 aromatic carbocycles. The van der Waals surface area contributed by atoms with Crippen LogP contribution in [0.1, 0.15) is 31.0 Å². The highest BCUT2D eigenvalue weighted by atomic mass is 32.1. The molecule has 1 atom stereocenters. The number of aryl methyl sites for hydroxylation is 1. The second kappa shape index (κ2) is 5.48. The Morgan fingerprint density at radius 2 is 2.00 bits per heavy atom. The van der Waals surface area contributed by atoms with Crippen LogP contribution in [-0.4, -0.2) is 6.54 Å². The number of nitrogens with one attached hydrogen (secondary N) is 1. The fraction of sp³-hybridized carbons (Fsp3) is 0.333. The number of benzene rings is 1. The maximum atomic E-state index is 3.49. The van der Waals surface area contributed by atoms with E-state index in [9.17, 15) is 0 Å². The molecule has 17 heavy (non-hydrogen) atoms. The lowest BCUT2D eigenvalue weighted by atomic mass is 9.99. The van der Waals surface area contributed by atoms with Crippen molar-refractivity contribution in [3.63, 3.8) is 0 Å². The van der Waals surface area contributed by atoms with Crippen molar-refractivity contribution in [2.24, 2.45) is 0 Å². The maximum absolute atomic E-state index is 3.49. The van der Waals surface area contributed by atoms with Gasteiger partial charge in [0.25, 0.3) is 0 Å². The van der Waals surface area contributed by atoms with E-state index >= 15 is 0 Å². The van der Waals surface area contributed by atoms with Gasteiger partial charge in [0.1, 0.15) is 0 Å². The summed E-state index contributed by atoms with van der Waals surface area (Å²) >= 11 is 1.82. The summed E-state index contributed by atoms with van der Waals surface area (Å²) in [5, 5.41) is 5.65. The van der Waals surface area contributed by atoms with Crippen LogP contribution in [0.5, 0.6) is 0 Å². The van der Waals surface area contributed by atoms with Crippen LogP contribution in [0.15, 0.2) is 35.7 Å². The number of hydrogen-bond acceptors (Lipinski definition) is 2. The van der Waals surface area contributed by atoms with Crippen LogP contribution in [0.25, 0.3) is 10.4 Å². The minimum absolute atomic E-state index is 0.401. The Bertz CT molecular complexity index is 487. The molecule has 1 nitrogen and oxygen atoms in total. The Hall–Kier alpha value is -1.12. The van der Waals surface area contributed by atoms with E-state index in [2.05, 4.69) is 61.8 Å². The maximum Gasteiger partial charge on any atom is 0.0375 e. The van der Waals surface area contributed by atoms with Gasteiger partial charge >= 0.3 is 0 Å². The smallest absolute Gasteiger partial charge is 0.0375 e. The highest BCUT2D eigenvalue weighted by molar-refractivity contribution is 7.13. The summed E-state index contributed by atoms with van der Waals surface area (Å²) in [7, 11) is 0. The molecule has 0 radical (unpaired) electrons. The van der Waals surface area contributed by atoms with Gasteiger partial charge in [0.15, 0.2) is 0 Å². The third kappa shape index (κ3) is 2.59. The number of hydrogen-bond donors (Lipinski definition) is 1. The van der Waals surface area contributed by atoms with Gasteiger partial charge in [-0.1, -0.05) is 31.2 Å². The Morgan fingerprint density at radius 1 is 1.24 bits per heavy atom. The molecular weight excluding hydrogens is 226 g/mol. The molecule has 0 amide bonds. The topological polar surface area (TPSA) is 12.0 Å². The van der Waals surface area contributed by atoms with Gasteiger partial charge in [-0.2, -0.15) is 0 Å². The average molecular weight is 245 g/mol. The second-order valence-corrected chi connectivity index (χ2v) is 5.22. The molecule has 90 valence electrons. The summed E-state index contributed by atoms with van der Waals surface area (Å²) in [5.41, 5.74) is 4.12. The van der Waals surface area contributed by atoms with Crippen molar-refractivity contribution in [2.45, 2.75) is 26.8 Å². The number of thiophene rings is 1. The van der Waals surface area contributed by atoms with Gasteiger partial charge in [0.05, 0.1) is 0 Å². The minimum Gasteiger partial charge on any atom is -0.310 e. The van der Waals surface area contributed by atoms with Gasteiger partial charge in [-0.15, -0.1) is 11.3 Å². The minimum atomic E-state index is 0.401. The van der Waals surface area contributed by atoms with Crippen LogP contribution in [0.3, 0.4) is 0 Å². The van der Waals surface area contributed by atoms with Crippen molar-refractivity contribution in [1.82, 2.24) is 5.32 Å². The quantitative estimate of drug-likeness (QED) is 0.842. The lowest BCUT2D eigenvalue weighted by Crippen LogP contribution is -2.18. The van der Waals surface area contributed by atoms with Crippen molar-refractivity contribution in [1.29, 1.82) is 0 Å². The van der Waals surface area contributed by atoms with E-state index in [0.29, 0.717) is 6.04 Å². The molecule has 0 fully saturated rings. The monoisotopic (exact) mass is 245 g/mol. The van der Waals surface area contributed by atoms with Crippen LogP contribution in [0, 0.1) is 6.92 Å². The normalized spacial score (nSPS) is 12.6. The largest absolute Gasteiger partial charge is 0.310 e. The molecule has 1 unspecified atom stereocenters. The predicted molar refractivity (Wildman–Crippen MR) is 76.6 cm³/mol. The zero-order valence-electron chi connectivity index (χ0n) is 10.7. The van der Waals surface area contributed by atoms with Gasteiger partial charge in [-0.3, -0.25) is 0 Å². The second-order valence-electron chi connectivity index (χ2n) is 4.30. The van der Waals surface area contributed by atoms with Crippen molar-refractivity contribution in [2.75, 3.05) is 6.54 Å². The van der Waals surface area contributed by atoms with E-state index in [1.807, 2.05) is 11.3 Å². The van der Waals surface area contributed by atoms with Crippen LogP contribution in [0.2, 0.25) is 0 Å². The van der Waals surface area contributed by atoms with E-state index in [1.165, 1.54) is 21.6 Å². The van der Waals surface area contributed by atoms with Gasteiger partial charge in [-0.05, 0) is 48.5 Å². The Kier molecular flexibility index (Phi) is 3.97. The highest BCUT2D eigenvalue weighted by Crippen LogP contribution is 2.34. The molecule has 0 aliphatic rings. The van der Waals surface area contributed by atoms with Gasteiger partial charge < -0.3 is 5.32 Å². The molecule has 1 heterocycles. The zero-order chi connectivity index (χ0) is 12.3. The molecule has 0 saturated carbocycles. The van der Waals surface area contributed by atoms with E-state index < -0.39 is 0 Å². The first-order valence-electron chi connectivity index (χ1n) is 6.10. The van der Waals surface area contributed by atoms with Crippen molar-refractivity contribution in [3.8, 4) is 10.4 Å². The third-order valence-electron chi connectivity index (χ3n) is 3.04. The van der Waals surface area contributed by atoms with E-state index in [0.717, 1.165) is 6.54 Å². The van der Waals surface area contributed by atoms with Crippen LogP contribution in [-0.2, 0) is 0 Å². The molecule has 2 aromatic rings. The molecule has 0 aliphatic heterocycles. The molecule has 1 aromatic heterocycles. The molecule has 0 spiro atoms. The molecule has 1 N–H and O–H groups in total. The van der Waals surface area contributed by atoms with Crippen LogP contribution < -0.4 is 5.32 Å². The molecule has 0 aliphatic carbocycles. The van der Waals surface area contributed by atoms with Gasteiger partial charge in [0, 0.05) is 10.9 Å². The van der Waals surface area contributed by atoms with Crippen molar-refractivity contribution in [3.05, 3.63) is 46.8 Å². The summed E-state index contributed by atoms with van der Waals surface area (Å²) in [6.45, 7) is 7.56. The fourth-order valence-corrected chi connectivity index (χ4v) is 3.12. The lowest BCUT2D eigenvalue weighted by molar-refractivity contribution is 0.599. The average Bonchev–Trinajstić information content (AvgIpc) is 2.76. The summed E-state index contributed by atoms with van der Waals surface area (Å²) in [6.07, 6.45) is 0. The highest BCUT2D eigenvalue weighted by Gasteiger charge is 2.12. The molecule has 0 bridgehead atoms. The molecule has 2 heteroatoms. The van der Waals surface area contributed by atoms with Crippen LogP contribution in [0.4, 0.5) is 0 Å². The predicted octanol–water partition coefficient (Wildman–Crippen LogP) is 4.39. The Morgan fingerprint density at radius 3 is 2.65 bits per heavy atom. The molecule has 2 rings (SSSR count). The molecular formula is C15H19NS.